The first kappa shape index (κ1) is 17.4. The molecule has 0 saturated carbocycles. The Kier molecular flexibility index (Phi) is 5.84. The molecule has 0 radical (unpaired) electrons. The van der Waals surface area contributed by atoms with Gasteiger partial charge in [-0.3, -0.25) is 4.90 Å². The van der Waals surface area contributed by atoms with E-state index in [1.165, 1.54) is 23.6 Å². The topological polar surface area (TPSA) is 44.8 Å². The van der Waals surface area contributed by atoms with Crippen molar-refractivity contribution in [2.24, 2.45) is 0 Å². The van der Waals surface area contributed by atoms with E-state index < -0.39 is 0 Å². The van der Waals surface area contributed by atoms with Crippen molar-refractivity contribution in [2.75, 3.05) is 47.5 Å². The molecule has 3 rings (SSSR count). The van der Waals surface area contributed by atoms with E-state index in [1.807, 2.05) is 30.8 Å². The summed E-state index contributed by atoms with van der Waals surface area (Å²) >= 11 is 7.02. The molecule has 1 N–H and O–H groups in total. The molecule has 2 aliphatic heterocycles. The maximum Gasteiger partial charge on any atom is 0.414 e. The largest absolute Gasteiger partial charge is 0.442 e. The van der Waals surface area contributed by atoms with Gasteiger partial charge in [0.05, 0.1) is 18.1 Å². The van der Waals surface area contributed by atoms with Gasteiger partial charge in [0.1, 0.15) is 6.10 Å². The van der Waals surface area contributed by atoms with Crippen LogP contribution in [0.25, 0.3) is 0 Å². The monoisotopic (exact) mass is 365 g/mol. The number of amides is 1. The van der Waals surface area contributed by atoms with Gasteiger partial charge in [-0.05, 0) is 43.4 Å². The van der Waals surface area contributed by atoms with Gasteiger partial charge in [0.2, 0.25) is 0 Å². The van der Waals surface area contributed by atoms with Crippen LogP contribution in [0.2, 0.25) is 0 Å². The van der Waals surface area contributed by atoms with E-state index in [0.29, 0.717) is 18.1 Å². The molecule has 130 valence electrons. The van der Waals surface area contributed by atoms with Crippen molar-refractivity contribution in [2.45, 2.75) is 19.4 Å². The molecule has 7 heteroatoms. The van der Waals surface area contributed by atoms with Gasteiger partial charge in [0, 0.05) is 30.2 Å². The van der Waals surface area contributed by atoms with Crippen LogP contribution in [-0.4, -0.2) is 54.9 Å². The standard InChI is InChI=1S/C17H23N3O2S2/c1-13(23)18-11-16-12-20(17(21)22-16)15-5-3-14(4-6-15)19-7-2-9-24-10-8-19/h3-6,16H,2,7-12H2,1H3,(H,18,23). The Labute approximate surface area is 152 Å². The lowest BCUT2D eigenvalue weighted by Gasteiger charge is -2.23. The molecule has 1 atom stereocenters. The van der Waals surface area contributed by atoms with Gasteiger partial charge in [0.15, 0.2) is 0 Å². The van der Waals surface area contributed by atoms with E-state index in [4.69, 9.17) is 17.0 Å². The normalized spacial score (nSPS) is 21.4. The van der Waals surface area contributed by atoms with Crippen LogP contribution in [0.4, 0.5) is 16.2 Å². The Balaban J connectivity index is 1.62. The van der Waals surface area contributed by atoms with Crippen LogP contribution in [0.5, 0.6) is 0 Å². The zero-order chi connectivity index (χ0) is 16.9. The van der Waals surface area contributed by atoms with Crippen molar-refractivity contribution in [3.63, 3.8) is 0 Å². The summed E-state index contributed by atoms with van der Waals surface area (Å²) in [4.78, 5) is 16.9. The van der Waals surface area contributed by atoms with Crippen LogP contribution < -0.4 is 15.1 Å². The maximum absolute atomic E-state index is 12.1. The number of cyclic esters (lactones) is 1. The molecule has 2 saturated heterocycles. The van der Waals surface area contributed by atoms with Crippen LogP contribution in [0, 0.1) is 0 Å². The number of hydrogen-bond donors (Lipinski definition) is 1. The second-order valence-electron chi connectivity index (χ2n) is 6.02. The lowest BCUT2D eigenvalue weighted by atomic mass is 10.2. The number of hydrogen-bond acceptors (Lipinski definition) is 5. The first-order chi connectivity index (χ1) is 11.6. The van der Waals surface area contributed by atoms with E-state index in [-0.39, 0.29) is 12.2 Å². The van der Waals surface area contributed by atoms with Crippen LogP contribution in [-0.2, 0) is 4.74 Å². The van der Waals surface area contributed by atoms with E-state index in [0.717, 1.165) is 18.8 Å². The number of carbonyl (C=O) groups is 1. The summed E-state index contributed by atoms with van der Waals surface area (Å²) < 4.78 is 5.39. The molecule has 1 aromatic rings. The maximum atomic E-state index is 12.1. The highest BCUT2D eigenvalue weighted by atomic mass is 32.2. The molecule has 0 aliphatic carbocycles. The Morgan fingerprint density at radius 1 is 1.29 bits per heavy atom. The highest BCUT2D eigenvalue weighted by Crippen LogP contribution is 2.26. The number of ether oxygens (including phenoxy) is 1. The van der Waals surface area contributed by atoms with Crippen LogP contribution in [0.15, 0.2) is 24.3 Å². The summed E-state index contributed by atoms with van der Waals surface area (Å²) in [5.74, 6) is 2.42. The minimum atomic E-state index is -0.289. The molecule has 5 nitrogen and oxygen atoms in total. The SMILES string of the molecule is CC(=S)NCC1CN(c2ccc(N3CCCSCC3)cc2)C(=O)O1. The first-order valence-electron chi connectivity index (χ1n) is 8.29. The van der Waals surface area contributed by atoms with Gasteiger partial charge in [-0.2, -0.15) is 11.8 Å². The molecule has 2 fully saturated rings. The zero-order valence-corrected chi connectivity index (χ0v) is 15.5. The third-order valence-corrected chi connectivity index (χ3v) is 5.39. The van der Waals surface area contributed by atoms with Crippen molar-refractivity contribution in [1.29, 1.82) is 0 Å². The fraction of sp³-hybridized carbons (Fsp3) is 0.529. The van der Waals surface area contributed by atoms with Gasteiger partial charge < -0.3 is 15.0 Å². The first-order valence-corrected chi connectivity index (χ1v) is 9.85. The highest BCUT2D eigenvalue weighted by Gasteiger charge is 2.32. The Bertz CT molecular complexity index is 586. The van der Waals surface area contributed by atoms with Crippen molar-refractivity contribution < 1.29 is 9.53 Å². The Hall–Kier alpha value is -1.47. The fourth-order valence-electron chi connectivity index (χ4n) is 2.94. The molecule has 2 aliphatic rings. The summed E-state index contributed by atoms with van der Waals surface area (Å²) in [5, 5.41) is 3.06. The van der Waals surface area contributed by atoms with Crippen LogP contribution >= 0.6 is 24.0 Å². The van der Waals surface area contributed by atoms with Crippen molar-refractivity contribution in [3.8, 4) is 0 Å². The lowest BCUT2D eigenvalue weighted by Crippen LogP contribution is -2.32. The van der Waals surface area contributed by atoms with Crippen molar-refractivity contribution in [1.82, 2.24) is 5.32 Å². The van der Waals surface area contributed by atoms with E-state index in [2.05, 4.69) is 22.3 Å². The predicted octanol–water partition coefficient (Wildman–Crippen LogP) is 2.89. The molecular weight excluding hydrogens is 342 g/mol. The summed E-state index contributed by atoms with van der Waals surface area (Å²) in [6, 6.07) is 8.22. The van der Waals surface area contributed by atoms with Crippen LogP contribution in [0.3, 0.4) is 0 Å². The average Bonchev–Trinajstić information content (AvgIpc) is 2.77. The minimum absolute atomic E-state index is 0.169. The van der Waals surface area contributed by atoms with Gasteiger partial charge in [-0.1, -0.05) is 12.2 Å². The number of anilines is 2. The van der Waals surface area contributed by atoms with E-state index >= 15 is 0 Å². The zero-order valence-electron chi connectivity index (χ0n) is 13.9. The number of thiocarbonyl (C=S) groups is 1. The smallest absolute Gasteiger partial charge is 0.414 e. The predicted molar refractivity (Wildman–Crippen MR) is 104 cm³/mol. The van der Waals surface area contributed by atoms with Crippen molar-refractivity contribution >= 4 is 46.4 Å². The molecule has 1 aromatic carbocycles. The molecular formula is C17H23N3O2S2. The third-order valence-electron chi connectivity index (χ3n) is 4.20. The molecule has 0 spiro atoms. The minimum Gasteiger partial charge on any atom is -0.442 e. The molecule has 0 bridgehead atoms. The fourth-order valence-corrected chi connectivity index (χ4v) is 3.91. The molecule has 2 heterocycles. The third kappa shape index (κ3) is 4.33. The second kappa shape index (κ2) is 8.07. The number of nitrogens with one attached hydrogen (secondary N) is 1. The lowest BCUT2D eigenvalue weighted by molar-refractivity contribution is 0.143. The summed E-state index contributed by atoms with van der Waals surface area (Å²) in [6.45, 7) is 5.11. The Morgan fingerprint density at radius 3 is 2.79 bits per heavy atom. The van der Waals surface area contributed by atoms with Crippen LogP contribution in [0.1, 0.15) is 13.3 Å². The molecule has 0 aromatic heterocycles. The number of thioether (sulfide) groups is 1. The number of rotatable bonds is 4. The van der Waals surface area contributed by atoms with Gasteiger partial charge in [-0.15, -0.1) is 0 Å². The number of carbonyl (C=O) groups excluding carboxylic acids is 1. The molecule has 1 unspecified atom stereocenters. The second-order valence-corrected chi connectivity index (χ2v) is 7.86. The summed E-state index contributed by atoms with van der Waals surface area (Å²) in [6.07, 6.45) is 0.763. The van der Waals surface area contributed by atoms with E-state index in [1.54, 1.807) is 4.90 Å². The highest BCUT2D eigenvalue weighted by molar-refractivity contribution is 7.99. The van der Waals surface area contributed by atoms with Crippen molar-refractivity contribution in [3.05, 3.63) is 24.3 Å². The van der Waals surface area contributed by atoms with Gasteiger partial charge >= 0.3 is 6.09 Å². The van der Waals surface area contributed by atoms with E-state index in [9.17, 15) is 4.79 Å². The number of nitrogens with zero attached hydrogens (tertiary/aromatic N) is 2. The summed E-state index contributed by atoms with van der Waals surface area (Å²) in [7, 11) is 0. The Morgan fingerprint density at radius 2 is 2.04 bits per heavy atom. The molecule has 24 heavy (non-hydrogen) atoms. The quantitative estimate of drug-likeness (QED) is 0.828. The summed E-state index contributed by atoms with van der Waals surface area (Å²) in [5.41, 5.74) is 2.11. The molecule has 1 amide bonds. The number of benzene rings is 1. The van der Waals surface area contributed by atoms with Gasteiger partial charge in [-0.25, -0.2) is 4.79 Å². The average molecular weight is 366 g/mol. The van der Waals surface area contributed by atoms with Gasteiger partial charge in [0.25, 0.3) is 0 Å².